The van der Waals surface area contributed by atoms with Gasteiger partial charge in [0.1, 0.15) is 0 Å². The number of piperazine rings is 1. The third-order valence-electron chi connectivity index (χ3n) is 3.57. The summed E-state index contributed by atoms with van der Waals surface area (Å²) in [6.45, 7) is 10.9. The van der Waals surface area contributed by atoms with Gasteiger partial charge in [0.15, 0.2) is 0 Å². The first kappa shape index (κ1) is 13.9. The van der Waals surface area contributed by atoms with Crippen molar-refractivity contribution in [2.24, 2.45) is 0 Å². The summed E-state index contributed by atoms with van der Waals surface area (Å²) in [5, 5.41) is 9.66. The van der Waals surface area contributed by atoms with Gasteiger partial charge in [-0.15, -0.1) is 0 Å². The average Bonchev–Trinajstić information content (AvgIpc) is 2.16. The molecule has 1 rings (SSSR count). The molecule has 96 valence electrons. The molecule has 0 saturated carbocycles. The highest BCUT2D eigenvalue weighted by molar-refractivity contribution is 4.75. The standard InChI is InChI=1S/C13H28N2O/c1-12(6-5-7-13(2,3)16)15-10-8-14(4)9-11-15/h12,16H,5-11H2,1-4H3. The predicted octanol–water partition coefficient (Wildman–Crippen LogP) is 1.56. The SMILES string of the molecule is CC(CCCC(C)(C)O)N1CCN(C)CC1. The van der Waals surface area contributed by atoms with E-state index in [1.54, 1.807) is 0 Å². The maximum atomic E-state index is 9.66. The summed E-state index contributed by atoms with van der Waals surface area (Å²) in [5.74, 6) is 0. The molecule has 3 nitrogen and oxygen atoms in total. The van der Waals surface area contributed by atoms with E-state index in [0.29, 0.717) is 6.04 Å². The molecule has 3 heteroatoms. The van der Waals surface area contributed by atoms with Crippen molar-refractivity contribution in [3.8, 4) is 0 Å². The molecule has 1 atom stereocenters. The van der Waals surface area contributed by atoms with E-state index in [4.69, 9.17) is 0 Å². The predicted molar refractivity (Wildman–Crippen MR) is 68.7 cm³/mol. The Morgan fingerprint density at radius 3 is 2.25 bits per heavy atom. The van der Waals surface area contributed by atoms with Crippen LogP contribution in [0.5, 0.6) is 0 Å². The molecular weight excluding hydrogens is 200 g/mol. The number of hydrogen-bond donors (Lipinski definition) is 1. The Bertz CT molecular complexity index is 193. The lowest BCUT2D eigenvalue weighted by Gasteiger charge is -2.36. The average molecular weight is 228 g/mol. The first-order valence-electron chi connectivity index (χ1n) is 6.53. The molecule has 1 saturated heterocycles. The van der Waals surface area contributed by atoms with Crippen molar-refractivity contribution >= 4 is 0 Å². The summed E-state index contributed by atoms with van der Waals surface area (Å²) in [6, 6.07) is 0.663. The minimum absolute atomic E-state index is 0.498. The molecule has 0 radical (unpaired) electrons. The van der Waals surface area contributed by atoms with E-state index in [2.05, 4.69) is 23.8 Å². The maximum absolute atomic E-state index is 9.66. The molecule has 1 unspecified atom stereocenters. The molecule has 1 aliphatic heterocycles. The zero-order valence-corrected chi connectivity index (χ0v) is 11.4. The Hall–Kier alpha value is -0.120. The normalized spacial score (nSPS) is 22.3. The summed E-state index contributed by atoms with van der Waals surface area (Å²) in [5.41, 5.74) is -0.498. The van der Waals surface area contributed by atoms with Crippen LogP contribution in [-0.2, 0) is 0 Å². The molecule has 0 aromatic carbocycles. The van der Waals surface area contributed by atoms with Crippen LogP contribution in [0.1, 0.15) is 40.0 Å². The van der Waals surface area contributed by atoms with Crippen LogP contribution >= 0.6 is 0 Å². The van der Waals surface area contributed by atoms with Gasteiger partial charge in [-0.3, -0.25) is 4.90 Å². The molecule has 0 aromatic rings. The molecular formula is C13H28N2O. The lowest BCUT2D eigenvalue weighted by atomic mass is 9.99. The van der Waals surface area contributed by atoms with E-state index >= 15 is 0 Å². The van der Waals surface area contributed by atoms with Gasteiger partial charge >= 0.3 is 0 Å². The molecule has 0 bridgehead atoms. The maximum Gasteiger partial charge on any atom is 0.0591 e. The van der Waals surface area contributed by atoms with Crippen LogP contribution in [-0.4, -0.2) is 59.8 Å². The van der Waals surface area contributed by atoms with Crippen LogP contribution in [0.3, 0.4) is 0 Å². The quantitative estimate of drug-likeness (QED) is 0.773. The van der Waals surface area contributed by atoms with Gasteiger partial charge in [0, 0.05) is 32.2 Å². The van der Waals surface area contributed by atoms with E-state index in [9.17, 15) is 5.11 Å². The van der Waals surface area contributed by atoms with Gasteiger partial charge in [0.05, 0.1) is 5.60 Å². The number of nitrogens with zero attached hydrogens (tertiary/aromatic N) is 2. The van der Waals surface area contributed by atoms with E-state index in [1.165, 1.54) is 32.6 Å². The summed E-state index contributed by atoms with van der Waals surface area (Å²) < 4.78 is 0. The molecule has 0 aliphatic carbocycles. The third-order valence-corrected chi connectivity index (χ3v) is 3.57. The summed E-state index contributed by atoms with van der Waals surface area (Å²) in [7, 11) is 2.19. The lowest BCUT2D eigenvalue weighted by Crippen LogP contribution is -2.48. The van der Waals surface area contributed by atoms with E-state index in [-0.39, 0.29) is 0 Å². The smallest absolute Gasteiger partial charge is 0.0591 e. The van der Waals surface area contributed by atoms with Crippen LogP contribution in [0.25, 0.3) is 0 Å². The number of hydrogen-bond acceptors (Lipinski definition) is 3. The third kappa shape index (κ3) is 5.28. The van der Waals surface area contributed by atoms with Gasteiger partial charge in [-0.1, -0.05) is 0 Å². The summed E-state index contributed by atoms with van der Waals surface area (Å²) in [4.78, 5) is 4.96. The second kappa shape index (κ2) is 5.99. The minimum Gasteiger partial charge on any atom is -0.390 e. The van der Waals surface area contributed by atoms with E-state index in [0.717, 1.165) is 12.8 Å². The highest BCUT2D eigenvalue weighted by Crippen LogP contribution is 2.16. The van der Waals surface area contributed by atoms with E-state index < -0.39 is 5.60 Å². The van der Waals surface area contributed by atoms with Gasteiger partial charge in [-0.05, 0) is 47.1 Å². The van der Waals surface area contributed by atoms with Gasteiger partial charge in [-0.2, -0.15) is 0 Å². The molecule has 1 N–H and O–H groups in total. The molecule has 0 aromatic heterocycles. The van der Waals surface area contributed by atoms with E-state index in [1.807, 2.05) is 13.8 Å². The first-order chi connectivity index (χ1) is 7.38. The topological polar surface area (TPSA) is 26.7 Å². The Kier molecular flexibility index (Phi) is 5.22. The monoisotopic (exact) mass is 228 g/mol. The molecule has 1 heterocycles. The second-order valence-electron chi connectivity index (χ2n) is 5.89. The Labute approximate surface area is 100 Å². The molecule has 16 heavy (non-hydrogen) atoms. The fraction of sp³-hybridized carbons (Fsp3) is 1.00. The fourth-order valence-electron chi connectivity index (χ4n) is 2.28. The van der Waals surface area contributed by atoms with Crippen molar-refractivity contribution in [2.75, 3.05) is 33.2 Å². The van der Waals surface area contributed by atoms with Gasteiger partial charge in [0.2, 0.25) is 0 Å². The van der Waals surface area contributed by atoms with Crippen molar-refractivity contribution in [1.82, 2.24) is 9.80 Å². The number of rotatable bonds is 5. The van der Waals surface area contributed by atoms with Gasteiger partial charge in [-0.25, -0.2) is 0 Å². The Morgan fingerprint density at radius 1 is 1.19 bits per heavy atom. The van der Waals surface area contributed by atoms with Crippen molar-refractivity contribution in [3.63, 3.8) is 0 Å². The lowest BCUT2D eigenvalue weighted by molar-refractivity contribution is 0.0620. The number of aliphatic hydroxyl groups is 1. The van der Waals surface area contributed by atoms with Crippen molar-refractivity contribution in [1.29, 1.82) is 0 Å². The Morgan fingerprint density at radius 2 is 1.75 bits per heavy atom. The molecule has 0 spiro atoms. The first-order valence-corrected chi connectivity index (χ1v) is 6.53. The van der Waals surface area contributed by atoms with Crippen molar-refractivity contribution in [3.05, 3.63) is 0 Å². The van der Waals surface area contributed by atoms with Gasteiger partial charge in [0.25, 0.3) is 0 Å². The largest absolute Gasteiger partial charge is 0.390 e. The number of likely N-dealkylation sites (N-methyl/N-ethyl adjacent to an activating group) is 1. The van der Waals surface area contributed by atoms with Crippen LogP contribution in [0.15, 0.2) is 0 Å². The Balaban J connectivity index is 2.17. The molecule has 0 amide bonds. The molecule has 1 aliphatic rings. The molecule has 1 fully saturated rings. The summed E-state index contributed by atoms with van der Waals surface area (Å²) >= 11 is 0. The zero-order chi connectivity index (χ0) is 12.2. The highest BCUT2D eigenvalue weighted by Gasteiger charge is 2.19. The summed E-state index contributed by atoms with van der Waals surface area (Å²) in [6.07, 6.45) is 3.23. The van der Waals surface area contributed by atoms with Gasteiger partial charge < -0.3 is 10.0 Å². The van der Waals surface area contributed by atoms with Crippen LogP contribution in [0, 0.1) is 0 Å². The van der Waals surface area contributed by atoms with Crippen LogP contribution in [0.2, 0.25) is 0 Å². The van der Waals surface area contributed by atoms with Crippen LogP contribution in [0.4, 0.5) is 0 Å². The minimum atomic E-state index is -0.498. The van der Waals surface area contributed by atoms with Crippen LogP contribution < -0.4 is 0 Å². The van der Waals surface area contributed by atoms with Crippen molar-refractivity contribution < 1.29 is 5.11 Å². The zero-order valence-electron chi connectivity index (χ0n) is 11.4. The fourth-order valence-corrected chi connectivity index (χ4v) is 2.28. The second-order valence-corrected chi connectivity index (χ2v) is 5.89. The highest BCUT2D eigenvalue weighted by atomic mass is 16.3. The van der Waals surface area contributed by atoms with Crippen molar-refractivity contribution in [2.45, 2.75) is 51.7 Å².